The molecule has 0 radical (unpaired) electrons. The molecule has 1 aliphatic rings. The SMILES string of the molecule is C=C(c1ccc(C#N)cc1)C1CN=C(c2ccccc2)O1. The second kappa shape index (κ2) is 5.64. The second-order valence-electron chi connectivity index (χ2n) is 4.83. The van der Waals surface area contributed by atoms with Crippen molar-refractivity contribution in [3.05, 3.63) is 77.9 Å². The van der Waals surface area contributed by atoms with E-state index in [1.165, 1.54) is 0 Å². The fourth-order valence-electron chi connectivity index (χ4n) is 2.24. The first-order chi connectivity index (χ1) is 10.3. The first-order valence-electron chi connectivity index (χ1n) is 6.74. The summed E-state index contributed by atoms with van der Waals surface area (Å²) in [5.41, 5.74) is 3.48. The largest absolute Gasteiger partial charge is 0.467 e. The minimum absolute atomic E-state index is 0.145. The number of ether oxygens (including phenoxy) is 1. The minimum Gasteiger partial charge on any atom is -0.467 e. The molecule has 1 unspecified atom stereocenters. The number of benzene rings is 2. The van der Waals surface area contributed by atoms with Crippen molar-refractivity contribution in [2.75, 3.05) is 6.54 Å². The fourth-order valence-corrected chi connectivity index (χ4v) is 2.24. The quantitative estimate of drug-likeness (QED) is 0.861. The number of aliphatic imine (C=N–C) groups is 1. The third-order valence-corrected chi connectivity index (χ3v) is 3.45. The Hall–Kier alpha value is -2.86. The predicted octanol–water partition coefficient (Wildman–Crippen LogP) is 3.42. The average Bonchev–Trinajstić information content (AvgIpc) is 3.05. The molecule has 0 aromatic heterocycles. The van der Waals surface area contributed by atoms with E-state index >= 15 is 0 Å². The number of hydrogen-bond donors (Lipinski definition) is 0. The summed E-state index contributed by atoms with van der Waals surface area (Å²) in [6.45, 7) is 4.68. The molecule has 3 rings (SSSR count). The first kappa shape index (κ1) is 13.1. The van der Waals surface area contributed by atoms with E-state index in [-0.39, 0.29) is 6.10 Å². The lowest BCUT2D eigenvalue weighted by Crippen LogP contribution is -2.15. The molecule has 0 spiro atoms. The molecule has 1 atom stereocenters. The number of nitriles is 1. The van der Waals surface area contributed by atoms with Gasteiger partial charge in [0.25, 0.3) is 0 Å². The normalized spacial score (nSPS) is 16.7. The zero-order valence-corrected chi connectivity index (χ0v) is 11.5. The maximum atomic E-state index is 8.82. The van der Waals surface area contributed by atoms with E-state index in [0.29, 0.717) is 18.0 Å². The van der Waals surface area contributed by atoms with Gasteiger partial charge in [-0.2, -0.15) is 5.26 Å². The minimum atomic E-state index is -0.145. The summed E-state index contributed by atoms with van der Waals surface area (Å²) in [5, 5.41) is 8.82. The van der Waals surface area contributed by atoms with Gasteiger partial charge in [-0.1, -0.05) is 36.9 Å². The Bertz CT molecular complexity index is 724. The molecular formula is C18H14N2O. The van der Waals surface area contributed by atoms with Gasteiger partial charge < -0.3 is 4.74 Å². The average molecular weight is 274 g/mol. The molecule has 0 bridgehead atoms. The van der Waals surface area contributed by atoms with Crippen LogP contribution in [0.3, 0.4) is 0 Å². The Kier molecular flexibility index (Phi) is 3.53. The molecule has 0 fully saturated rings. The molecule has 3 nitrogen and oxygen atoms in total. The van der Waals surface area contributed by atoms with Crippen LogP contribution in [0.2, 0.25) is 0 Å². The van der Waals surface area contributed by atoms with Crippen LogP contribution in [0.1, 0.15) is 16.7 Å². The van der Waals surface area contributed by atoms with Gasteiger partial charge >= 0.3 is 0 Å². The summed E-state index contributed by atoms with van der Waals surface area (Å²) in [6, 6.07) is 19.3. The Morgan fingerprint density at radius 3 is 2.52 bits per heavy atom. The van der Waals surface area contributed by atoms with Gasteiger partial charge in [0.2, 0.25) is 5.90 Å². The molecular weight excluding hydrogens is 260 g/mol. The molecule has 1 heterocycles. The van der Waals surface area contributed by atoms with E-state index in [1.807, 2.05) is 42.5 Å². The van der Waals surface area contributed by atoms with E-state index in [9.17, 15) is 0 Å². The van der Waals surface area contributed by atoms with Gasteiger partial charge in [0.05, 0.1) is 18.2 Å². The Morgan fingerprint density at radius 2 is 1.86 bits per heavy atom. The number of hydrogen-bond acceptors (Lipinski definition) is 3. The third kappa shape index (κ3) is 2.70. The molecule has 0 saturated heterocycles. The Balaban J connectivity index is 1.72. The molecule has 2 aromatic carbocycles. The highest BCUT2D eigenvalue weighted by Crippen LogP contribution is 2.24. The second-order valence-corrected chi connectivity index (χ2v) is 4.83. The van der Waals surface area contributed by atoms with Crippen molar-refractivity contribution >= 4 is 11.5 Å². The van der Waals surface area contributed by atoms with E-state index in [1.54, 1.807) is 12.1 Å². The highest BCUT2D eigenvalue weighted by molar-refractivity contribution is 5.96. The predicted molar refractivity (Wildman–Crippen MR) is 82.9 cm³/mol. The Morgan fingerprint density at radius 1 is 1.14 bits per heavy atom. The standard InChI is InChI=1S/C18H14N2O/c1-13(15-9-7-14(11-19)8-10-15)17-12-20-18(21-17)16-5-3-2-4-6-16/h2-10,17H,1,12H2. The van der Waals surface area contributed by atoms with Crippen LogP contribution in [0.5, 0.6) is 0 Å². The van der Waals surface area contributed by atoms with Gasteiger partial charge in [0, 0.05) is 5.56 Å². The van der Waals surface area contributed by atoms with Crippen molar-refractivity contribution < 1.29 is 4.74 Å². The van der Waals surface area contributed by atoms with Crippen LogP contribution in [0.4, 0.5) is 0 Å². The zero-order chi connectivity index (χ0) is 14.7. The van der Waals surface area contributed by atoms with Crippen LogP contribution < -0.4 is 0 Å². The molecule has 2 aromatic rings. The third-order valence-electron chi connectivity index (χ3n) is 3.45. The van der Waals surface area contributed by atoms with Crippen LogP contribution in [-0.4, -0.2) is 18.5 Å². The van der Waals surface area contributed by atoms with Crippen molar-refractivity contribution in [3.8, 4) is 6.07 Å². The van der Waals surface area contributed by atoms with Crippen molar-refractivity contribution in [2.24, 2.45) is 4.99 Å². The lowest BCUT2D eigenvalue weighted by molar-refractivity contribution is 0.284. The Labute approximate surface area is 123 Å². The van der Waals surface area contributed by atoms with Crippen LogP contribution in [0, 0.1) is 11.3 Å². The van der Waals surface area contributed by atoms with Crippen LogP contribution in [-0.2, 0) is 4.74 Å². The van der Waals surface area contributed by atoms with Crippen LogP contribution in [0.15, 0.2) is 66.2 Å². The molecule has 0 saturated carbocycles. The van der Waals surface area contributed by atoms with Gasteiger partial charge in [0.1, 0.15) is 6.10 Å². The van der Waals surface area contributed by atoms with E-state index in [4.69, 9.17) is 10.00 Å². The number of rotatable bonds is 3. The monoisotopic (exact) mass is 274 g/mol. The van der Waals surface area contributed by atoms with Gasteiger partial charge in [0.15, 0.2) is 0 Å². The lowest BCUT2D eigenvalue weighted by Gasteiger charge is -2.14. The topological polar surface area (TPSA) is 45.4 Å². The summed E-state index contributed by atoms with van der Waals surface area (Å²) in [5.74, 6) is 0.662. The lowest BCUT2D eigenvalue weighted by atomic mass is 10.0. The van der Waals surface area contributed by atoms with Crippen molar-refractivity contribution in [1.29, 1.82) is 5.26 Å². The highest BCUT2D eigenvalue weighted by atomic mass is 16.5. The summed E-state index contributed by atoms with van der Waals surface area (Å²) in [7, 11) is 0. The summed E-state index contributed by atoms with van der Waals surface area (Å²) in [4.78, 5) is 4.45. The van der Waals surface area contributed by atoms with E-state index in [2.05, 4.69) is 17.6 Å². The molecule has 21 heavy (non-hydrogen) atoms. The highest BCUT2D eigenvalue weighted by Gasteiger charge is 2.24. The first-order valence-corrected chi connectivity index (χ1v) is 6.74. The smallest absolute Gasteiger partial charge is 0.216 e. The molecule has 3 heteroatoms. The van der Waals surface area contributed by atoms with Crippen molar-refractivity contribution in [2.45, 2.75) is 6.10 Å². The van der Waals surface area contributed by atoms with Gasteiger partial charge in [-0.15, -0.1) is 0 Å². The van der Waals surface area contributed by atoms with E-state index < -0.39 is 0 Å². The maximum Gasteiger partial charge on any atom is 0.216 e. The molecule has 0 amide bonds. The molecule has 0 aliphatic carbocycles. The summed E-state index contributed by atoms with van der Waals surface area (Å²) >= 11 is 0. The fraction of sp³-hybridized carbons (Fsp3) is 0.111. The van der Waals surface area contributed by atoms with Crippen LogP contribution >= 0.6 is 0 Å². The molecule has 0 N–H and O–H groups in total. The van der Waals surface area contributed by atoms with Gasteiger partial charge in [-0.3, -0.25) is 0 Å². The molecule has 1 aliphatic heterocycles. The van der Waals surface area contributed by atoms with Gasteiger partial charge in [-0.25, -0.2) is 4.99 Å². The molecule has 102 valence electrons. The zero-order valence-electron chi connectivity index (χ0n) is 11.5. The van der Waals surface area contributed by atoms with E-state index in [0.717, 1.165) is 16.7 Å². The number of nitrogens with zero attached hydrogens (tertiary/aromatic N) is 2. The van der Waals surface area contributed by atoms with Gasteiger partial charge in [-0.05, 0) is 35.4 Å². The summed E-state index contributed by atoms with van der Waals surface area (Å²) < 4.78 is 5.91. The van der Waals surface area contributed by atoms with Crippen LogP contribution in [0.25, 0.3) is 5.57 Å². The maximum absolute atomic E-state index is 8.82. The van der Waals surface area contributed by atoms with Crippen molar-refractivity contribution in [1.82, 2.24) is 0 Å². The van der Waals surface area contributed by atoms with Crippen molar-refractivity contribution in [3.63, 3.8) is 0 Å². The summed E-state index contributed by atoms with van der Waals surface area (Å²) in [6.07, 6.45) is -0.145.